The minimum Gasteiger partial charge on any atom is -0.478 e. The van der Waals surface area contributed by atoms with E-state index in [0.717, 1.165) is 30.0 Å². The lowest BCUT2D eigenvalue weighted by Gasteiger charge is -2.31. The lowest BCUT2D eigenvalue weighted by Crippen LogP contribution is -2.35. The third kappa shape index (κ3) is 8.20. The molecule has 1 aliphatic rings. The van der Waals surface area contributed by atoms with Crippen molar-refractivity contribution >= 4 is 22.9 Å². The largest absolute Gasteiger partial charge is 0.478 e. The quantitative estimate of drug-likeness (QED) is 0.489. The van der Waals surface area contributed by atoms with Crippen molar-refractivity contribution in [3.8, 4) is 0 Å². The van der Waals surface area contributed by atoms with Gasteiger partial charge in [0.25, 0.3) is 0 Å². The number of carboxylic acids is 2. The lowest BCUT2D eigenvalue weighted by atomic mass is 9.91. The molecule has 3 aromatic rings. The number of piperidine rings is 1. The Morgan fingerprint density at radius 3 is 2.24 bits per heavy atom. The summed E-state index contributed by atoms with van der Waals surface area (Å²) in [5.74, 6) is -1.69. The van der Waals surface area contributed by atoms with Gasteiger partial charge in [0.15, 0.2) is 5.58 Å². The predicted molar refractivity (Wildman–Crippen MR) is 126 cm³/mol. The minimum absolute atomic E-state index is 0.558. The second kappa shape index (κ2) is 12.6. The Labute approximate surface area is 193 Å². The van der Waals surface area contributed by atoms with Gasteiger partial charge in [0.2, 0.25) is 0 Å². The van der Waals surface area contributed by atoms with Crippen LogP contribution in [-0.4, -0.2) is 51.8 Å². The first kappa shape index (κ1) is 24.2. The number of carboxylic acid groups (broad SMARTS) is 2. The highest BCUT2D eigenvalue weighted by molar-refractivity contribution is 5.89. The molecule has 2 heterocycles. The fraction of sp³-hybridized carbons (Fsp3) is 0.346. The van der Waals surface area contributed by atoms with Crippen LogP contribution in [0, 0.1) is 5.92 Å². The van der Waals surface area contributed by atoms with E-state index in [4.69, 9.17) is 14.7 Å². The molecular weight excluding hydrogens is 420 g/mol. The molecule has 0 unspecified atom stereocenters. The SMILES string of the molecule is O=C(O)/C=C\C(=O)O.c1ccc(CCN2CCC(CCc3noc4ccccc34)CC2)cc1. The van der Waals surface area contributed by atoms with Gasteiger partial charge in [-0.2, -0.15) is 0 Å². The maximum absolute atomic E-state index is 9.55. The first-order valence-electron chi connectivity index (χ1n) is 11.2. The van der Waals surface area contributed by atoms with Crippen molar-refractivity contribution in [2.24, 2.45) is 5.92 Å². The lowest BCUT2D eigenvalue weighted by molar-refractivity contribution is -0.134. The van der Waals surface area contributed by atoms with E-state index in [1.807, 2.05) is 12.1 Å². The van der Waals surface area contributed by atoms with E-state index in [-0.39, 0.29) is 0 Å². The number of aromatic nitrogens is 1. The topological polar surface area (TPSA) is 104 Å². The number of carbonyl (C=O) groups is 2. The number of nitrogens with zero attached hydrogens (tertiary/aromatic N) is 2. The maximum atomic E-state index is 9.55. The molecule has 2 aromatic carbocycles. The minimum atomic E-state index is -1.26. The molecule has 7 heteroatoms. The molecule has 0 atom stereocenters. The van der Waals surface area contributed by atoms with E-state index in [9.17, 15) is 9.59 Å². The van der Waals surface area contributed by atoms with Crippen LogP contribution in [0.25, 0.3) is 11.0 Å². The van der Waals surface area contributed by atoms with E-state index < -0.39 is 11.9 Å². The zero-order chi connectivity index (χ0) is 23.5. The van der Waals surface area contributed by atoms with E-state index in [0.29, 0.717) is 12.2 Å². The second-order valence-electron chi connectivity index (χ2n) is 8.19. The van der Waals surface area contributed by atoms with Gasteiger partial charge in [-0.3, -0.25) is 0 Å². The third-order valence-electron chi connectivity index (χ3n) is 5.88. The van der Waals surface area contributed by atoms with Crippen molar-refractivity contribution in [3.63, 3.8) is 0 Å². The van der Waals surface area contributed by atoms with Gasteiger partial charge in [-0.05, 0) is 68.8 Å². The number of benzene rings is 2. The molecule has 0 radical (unpaired) electrons. The summed E-state index contributed by atoms with van der Waals surface area (Å²) in [7, 11) is 0. The van der Waals surface area contributed by atoms with Gasteiger partial charge >= 0.3 is 11.9 Å². The summed E-state index contributed by atoms with van der Waals surface area (Å²) >= 11 is 0. The Hall–Kier alpha value is -3.45. The van der Waals surface area contributed by atoms with Gasteiger partial charge in [0.1, 0.15) is 0 Å². The molecule has 2 N–H and O–H groups in total. The number of aliphatic carboxylic acids is 2. The molecule has 174 valence electrons. The molecule has 0 saturated carbocycles. The van der Waals surface area contributed by atoms with E-state index in [1.54, 1.807) is 0 Å². The molecule has 33 heavy (non-hydrogen) atoms. The monoisotopic (exact) mass is 450 g/mol. The first-order chi connectivity index (χ1) is 16.0. The van der Waals surface area contributed by atoms with Crippen LogP contribution in [0.2, 0.25) is 0 Å². The molecular formula is C26H30N2O5. The summed E-state index contributed by atoms with van der Waals surface area (Å²) in [5, 5.41) is 21.1. The smallest absolute Gasteiger partial charge is 0.328 e. The van der Waals surface area contributed by atoms with Crippen molar-refractivity contribution in [1.29, 1.82) is 0 Å². The van der Waals surface area contributed by atoms with Gasteiger partial charge in [-0.25, -0.2) is 9.59 Å². The normalized spacial score (nSPS) is 14.8. The fourth-order valence-electron chi connectivity index (χ4n) is 4.03. The molecule has 1 aliphatic heterocycles. The highest BCUT2D eigenvalue weighted by Gasteiger charge is 2.19. The molecule has 0 spiro atoms. The Balaban J connectivity index is 0.000000331. The Morgan fingerprint density at radius 1 is 0.939 bits per heavy atom. The zero-order valence-electron chi connectivity index (χ0n) is 18.6. The molecule has 4 rings (SSSR count). The number of fused-ring (bicyclic) bond motifs is 1. The molecule has 1 fully saturated rings. The van der Waals surface area contributed by atoms with Crippen LogP contribution in [-0.2, 0) is 22.4 Å². The van der Waals surface area contributed by atoms with Gasteiger partial charge in [0.05, 0.1) is 5.69 Å². The van der Waals surface area contributed by atoms with Crippen LogP contribution in [0.15, 0.2) is 71.3 Å². The fourth-order valence-corrected chi connectivity index (χ4v) is 4.03. The standard InChI is InChI=1S/C22H26N2O.C4H4O4/c1-2-6-18(7-3-1)12-15-24-16-13-19(14-17-24)10-11-21-20-8-4-5-9-22(20)25-23-21;5-3(6)1-2-4(7)8/h1-9,19H,10-17H2;1-2H,(H,5,6)(H,7,8)/b;2-1-. The van der Waals surface area contributed by atoms with Crippen molar-refractivity contribution < 1.29 is 24.3 Å². The van der Waals surface area contributed by atoms with Crippen LogP contribution in [0.5, 0.6) is 0 Å². The maximum Gasteiger partial charge on any atom is 0.328 e. The van der Waals surface area contributed by atoms with Crippen LogP contribution < -0.4 is 0 Å². The Morgan fingerprint density at radius 2 is 1.58 bits per heavy atom. The van der Waals surface area contributed by atoms with E-state index >= 15 is 0 Å². The number of hydrogen-bond acceptors (Lipinski definition) is 5. The van der Waals surface area contributed by atoms with Crippen molar-refractivity contribution in [1.82, 2.24) is 10.1 Å². The molecule has 0 bridgehead atoms. The van der Waals surface area contributed by atoms with Crippen LogP contribution in [0.4, 0.5) is 0 Å². The highest BCUT2D eigenvalue weighted by Crippen LogP contribution is 2.25. The van der Waals surface area contributed by atoms with E-state index in [2.05, 4.69) is 52.5 Å². The molecule has 7 nitrogen and oxygen atoms in total. The van der Waals surface area contributed by atoms with Gasteiger partial charge in [-0.1, -0.05) is 47.6 Å². The zero-order valence-corrected chi connectivity index (χ0v) is 18.6. The van der Waals surface area contributed by atoms with Crippen molar-refractivity contribution in [3.05, 3.63) is 78.0 Å². The summed E-state index contributed by atoms with van der Waals surface area (Å²) in [4.78, 5) is 21.7. The van der Waals surface area contributed by atoms with Gasteiger partial charge in [-0.15, -0.1) is 0 Å². The van der Waals surface area contributed by atoms with Gasteiger partial charge in [0, 0.05) is 24.1 Å². The molecule has 1 aromatic heterocycles. The summed E-state index contributed by atoms with van der Waals surface area (Å²) < 4.78 is 5.42. The number of rotatable bonds is 8. The first-order valence-corrected chi connectivity index (χ1v) is 11.2. The molecule has 0 aliphatic carbocycles. The molecule has 1 saturated heterocycles. The van der Waals surface area contributed by atoms with Crippen LogP contribution in [0.3, 0.4) is 0 Å². The number of likely N-dealkylation sites (tertiary alicyclic amines) is 1. The van der Waals surface area contributed by atoms with Crippen LogP contribution in [0.1, 0.15) is 30.5 Å². The average molecular weight is 451 g/mol. The van der Waals surface area contributed by atoms with E-state index in [1.165, 1.54) is 49.8 Å². The van der Waals surface area contributed by atoms with Crippen molar-refractivity contribution in [2.45, 2.75) is 32.1 Å². The van der Waals surface area contributed by atoms with Gasteiger partial charge < -0.3 is 19.6 Å². The third-order valence-corrected chi connectivity index (χ3v) is 5.88. The average Bonchev–Trinajstić information content (AvgIpc) is 3.25. The summed E-state index contributed by atoms with van der Waals surface area (Å²) in [6.07, 6.45) is 7.16. The number of hydrogen-bond donors (Lipinski definition) is 2. The summed E-state index contributed by atoms with van der Waals surface area (Å²) in [6, 6.07) is 19.0. The molecule has 0 amide bonds. The predicted octanol–water partition coefficient (Wildman–Crippen LogP) is 4.43. The second-order valence-corrected chi connectivity index (χ2v) is 8.19. The number of aryl methyl sites for hydroxylation is 1. The number of para-hydroxylation sites is 1. The van der Waals surface area contributed by atoms with Crippen molar-refractivity contribution in [2.75, 3.05) is 19.6 Å². The Bertz CT molecular complexity index is 1040. The Kier molecular flexibility index (Phi) is 9.20. The highest BCUT2D eigenvalue weighted by atomic mass is 16.5. The summed E-state index contributed by atoms with van der Waals surface area (Å²) in [6.45, 7) is 3.65. The van der Waals surface area contributed by atoms with Crippen LogP contribution >= 0.6 is 0 Å². The summed E-state index contributed by atoms with van der Waals surface area (Å²) in [5.41, 5.74) is 3.48.